The highest BCUT2D eigenvalue weighted by molar-refractivity contribution is 7.89. The highest BCUT2D eigenvalue weighted by atomic mass is 32.2. The van der Waals surface area contributed by atoms with Crippen molar-refractivity contribution in [2.45, 2.75) is 62.6 Å². The van der Waals surface area contributed by atoms with Gasteiger partial charge in [0, 0.05) is 18.6 Å². The Morgan fingerprint density at radius 3 is 2.40 bits per heavy atom. The lowest BCUT2D eigenvalue weighted by Crippen LogP contribution is -2.26. The molecule has 2 aliphatic carbocycles. The molecule has 0 heterocycles. The van der Waals surface area contributed by atoms with Crippen LogP contribution in [0.4, 0.5) is 0 Å². The molecule has 110 valence electrons. The van der Waals surface area contributed by atoms with E-state index >= 15 is 0 Å². The predicted octanol–water partition coefficient (Wildman–Crippen LogP) is 1.94. The molecule has 2 N–H and O–H groups in total. The summed E-state index contributed by atoms with van der Waals surface area (Å²) in [6.07, 6.45) is 5.33. The van der Waals surface area contributed by atoms with Gasteiger partial charge in [0.2, 0.25) is 10.0 Å². The molecule has 2 fully saturated rings. The monoisotopic (exact) mass is 294 g/mol. The van der Waals surface area contributed by atoms with Gasteiger partial charge in [0.15, 0.2) is 0 Å². The van der Waals surface area contributed by atoms with E-state index in [0.29, 0.717) is 10.9 Å². The Kier molecular flexibility index (Phi) is 3.84. The molecule has 4 nitrogen and oxygen atoms in total. The van der Waals surface area contributed by atoms with Gasteiger partial charge >= 0.3 is 0 Å². The van der Waals surface area contributed by atoms with Crippen LogP contribution in [0.3, 0.4) is 0 Å². The summed E-state index contributed by atoms with van der Waals surface area (Å²) in [4.78, 5) is 0.397. The number of rotatable bonds is 7. The van der Waals surface area contributed by atoms with Gasteiger partial charge in [-0.2, -0.15) is 0 Å². The molecule has 1 aromatic carbocycles. The van der Waals surface area contributed by atoms with E-state index in [-0.39, 0.29) is 6.04 Å². The van der Waals surface area contributed by atoms with Gasteiger partial charge in [-0.15, -0.1) is 0 Å². The molecule has 20 heavy (non-hydrogen) atoms. The topological polar surface area (TPSA) is 58.2 Å². The van der Waals surface area contributed by atoms with Crippen LogP contribution in [0, 0.1) is 0 Å². The lowest BCUT2D eigenvalue weighted by Gasteiger charge is -2.12. The van der Waals surface area contributed by atoms with Gasteiger partial charge in [-0.25, -0.2) is 13.1 Å². The van der Waals surface area contributed by atoms with Gasteiger partial charge in [0.05, 0.1) is 4.90 Å². The van der Waals surface area contributed by atoms with Crippen LogP contribution < -0.4 is 10.0 Å². The standard InChI is InChI=1S/C15H22N2O2S/c1-2-11-3-8-15(20(18,19)17-14-6-7-14)9-12(11)10-16-13-4-5-13/h3,8-9,13-14,16-17H,2,4-7,10H2,1H3. The highest BCUT2D eigenvalue weighted by Crippen LogP contribution is 2.24. The summed E-state index contributed by atoms with van der Waals surface area (Å²) in [5.41, 5.74) is 2.33. The van der Waals surface area contributed by atoms with Gasteiger partial charge in [0.1, 0.15) is 0 Å². The maximum absolute atomic E-state index is 12.3. The van der Waals surface area contributed by atoms with Crippen LogP contribution in [-0.4, -0.2) is 20.5 Å². The van der Waals surface area contributed by atoms with Crippen LogP contribution in [0.25, 0.3) is 0 Å². The van der Waals surface area contributed by atoms with Gasteiger partial charge < -0.3 is 5.32 Å². The third-order valence-electron chi connectivity index (χ3n) is 3.93. The van der Waals surface area contributed by atoms with Crippen LogP contribution in [0.1, 0.15) is 43.7 Å². The average molecular weight is 294 g/mol. The van der Waals surface area contributed by atoms with Gasteiger partial charge in [0.25, 0.3) is 0 Å². The fraction of sp³-hybridized carbons (Fsp3) is 0.600. The van der Waals surface area contributed by atoms with E-state index < -0.39 is 10.0 Å². The van der Waals surface area contributed by atoms with Crippen molar-refractivity contribution in [3.63, 3.8) is 0 Å². The first-order chi connectivity index (χ1) is 9.58. The van der Waals surface area contributed by atoms with Crippen LogP contribution in [0.15, 0.2) is 23.1 Å². The van der Waals surface area contributed by atoms with E-state index in [1.807, 2.05) is 12.1 Å². The van der Waals surface area contributed by atoms with E-state index in [9.17, 15) is 8.42 Å². The van der Waals surface area contributed by atoms with E-state index in [2.05, 4.69) is 17.0 Å². The van der Waals surface area contributed by atoms with Gasteiger partial charge in [-0.1, -0.05) is 13.0 Å². The molecule has 0 atom stereocenters. The molecule has 1 aromatic rings. The first-order valence-electron chi connectivity index (χ1n) is 7.46. The third-order valence-corrected chi connectivity index (χ3v) is 5.44. The number of hydrogen-bond donors (Lipinski definition) is 2. The molecule has 3 rings (SSSR count). The number of benzene rings is 1. The normalized spacial score (nSPS) is 19.2. The smallest absolute Gasteiger partial charge is 0.240 e. The van der Waals surface area contributed by atoms with Crippen molar-refractivity contribution in [3.05, 3.63) is 29.3 Å². The number of aryl methyl sites for hydroxylation is 1. The molecule has 0 aliphatic heterocycles. The van der Waals surface area contributed by atoms with Gasteiger partial charge in [-0.05, 0) is 55.4 Å². The summed E-state index contributed by atoms with van der Waals surface area (Å²) in [6, 6.07) is 6.29. The number of hydrogen-bond acceptors (Lipinski definition) is 3. The zero-order valence-electron chi connectivity index (χ0n) is 11.9. The van der Waals surface area contributed by atoms with Crippen LogP contribution in [-0.2, 0) is 23.0 Å². The highest BCUT2D eigenvalue weighted by Gasteiger charge is 2.28. The van der Waals surface area contributed by atoms with E-state index in [4.69, 9.17) is 0 Å². The zero-order valence-corrected chi connectivity index (χ0v) is 12.7. The summed E-state index contributed by atoms with van der Waals surface area (Å²) < 4.78 is 27.2. The second kappa shape index (κ2) is 5.47. The zero-order chi connectivity index (χ0) is 14.2. The molecule has 0 saturated heterocycles. The molecular weight excluding hydrogens is 272 g/mol. The SMILES string of the molecule is CCc1ccc(S(=O)(=O)NC2CC2)cc1CNC1CC1. The van der Waals surface area contributed by atoms with Crippen molar-refractivity contribution >= 4 is 10.0 Å². The minimum absolute atomic E-state index is 0.152. The fourth-order valence-corrected chi connectivity index (χ4v) is 3.66. The maximum atomic E-state index is 12.3. The Hall–Kier alpha value is -0.910. The lowest BCUT2D eigenvalue weighted by molar-refractivity contribution is 0.580. The Morgan fingerprint density at radius 1 is 1.10 bits per heavy atom. The third kappa shape index (κ3) is 3.40. The Bertz CT molecular complexity index is 590. The summed E-state index contributed by atoms with van der Waals surface area (Å²) in [5, 5.41) is 3.46. The Balaban J connectivity index is 1.81. The predicted molar refractivity (Wildman–Crippen MR) is 79.0 cm³/mol. The van der Waals surface area contributed by atoms with Crippen LogP contribution in [0.2, 0.25) is 0 Å². The van der Waals surface area contributed by atoms with E-state index in [0.717, 1.165) is 31.4 Å². The van der Waals surface area contributed by atoms with E-state index in [1.165, 1.54) is 18.4 Å². The molecule has 2 saturated carbocycles. The van der Waals surface area contributed by atoms with Crippen molar-refractivity contribution in [1.82, 2.24) is 10.0 Å². The second-order valence-electron chi connectivity index (χ2n) is 5.83. The van der Waals surface area contributed by atoms with Crippen molar-refractivity contribution < 1.29 is 8.42 Å². The number of sulfonamides is 1. The minimum Gasteiger partial charge on any atom is -0.310 e. The summed E-state index contributed by atoms with van der Waals surface area (Å²) in [5.74, 6) is 0. The maximum Gasteiger partial charge on any atom is 0.240 e. The molecule has 0 radical (unpaired) electrons. The second-order valence-corrected chi connectivity index (χ2v) is 7.55. The minimum atomic E-state index is -3.35. The molecule has 0 aromatic heterocycles. The van der Waals surface area contributed by atoms with Crippen LogP contribution in [0.5, 0.6) is 0 Å². The molecule has 5 heteroatoms. The fourth-order valence-electron chi connectivity index (χ4n) is 2.31. The molecular formula is C15H22N2O2S. The van der Waals surface area contributed by atoms with Crippen molar-refractivity contribution in [3.8, 4) is 0 Å². The number of nitrogens with one attached hydrogen (secondary N) is 2. The largest absolute Gasteiger partial charge is 0.310 e. The Morgan fingerprint density at radius 2 is 1.80 bits per heavy atom. The quantitative estimate of drug-likeness (QED) is 0.808. The van der Waals surface area contributed by atoms with Crippen molar-refractivity contribution in [2.24, 2.45) is 0 Å². The summed E-state index contributed by atoms with van der Waals surface area (Å²) in [7, 11) is -3.35. The summed E-state index contributed by atoms with van der Waals surface area (Å²) in [6.45, 7) is 2.87. The van der Waals surface area contributed by atoms with E-state index in [1.54, 1.807) is 6.07 Å². The summed E-state index contributed by atoms with van der Waals surface area (Å²) >= 11 is 0. The average Bonchev–Trinajstić information content (AvgIpc) is 3.30. The first kappa shape index (κ1) is 14.0. The molecule has 0 unspecified atom stereocenters. The van der Waals surface area contributed by atoms with Crippen molar-refractivity contribution in [2.75, 3.05) is 0 Å². The molecule has 0 bridgehead atoms. The molecule has 2 aliphatic rings. The van der Waals surface area contributed by atoms with Crippen LogP contribution >= 0.6 is 0 Å². The lowest BCUT2D eigenvalue weighted by atomic mass is 10.1. The molecule has 0 spiro atoms. The first-order valence-corrected chi connectivity index (χ1v) is 8.94. The van der Waals surface area contributed by atoms with Crippen molar-refractivity contribution in [1.29, 1.82) is 0 Å². The Labute approximate surface area is 121 Å². The van der Waals surface area contributed by atoms with Gasteiger partial charge in [-0.3, -0.25) is 0 Å². The molecule has 0 amide bonds.